The summed E-state index contributed by atoms with van der Waals surface area (Å²) < 4.78 is 0. The van der Waals surface area contributed by atoms with Gasteiger partial charge in [0.05, 0.1) is 10.5 Å². The van der Waals surface area contributed by atoms with E-state index in [0.717, 1.165) is 21.6 Å². The summed E-state index contributed by atoms with van der Waals surface area (Å²) in [5.74, 6) is 0. The van der Waals surface area contributed by atoms with Crippen LogP contribution in [0.1, 0.15) is 16.8 Å². The van der Waals surface area contributed by atoms with Gasteiger partial charge in [-0.2, -0.15) is 0 Å². The molecule has 0 atom stereocenters. The highest BCUT2D eigenvalue weighted by Gasteiger charge is 2.06. The molecule has 1 aromatic carbocycles. The number of hydrogen-bond donors (Lipinski definition) is 0. The van der Waals surface area contributed by atoms with E-state index in [-0.39, 0.29) is 0 Å². The molecular weight excluding hydrogens is 194 g/mol. The number of halogens is 1. The number of hydrogen-bond acceptors (Lipinski definition) is 1. The Morgan fingerprint density at radius 3 is 2.50 bits per heavy atom. The van der Waals surface area contributed by atoms with Crippen molar-refractivity contribution < 1.29 is 0 Å². The van der Waals surface area contributed by atoms with Crippen LogP contribution in [-0.2, 0) is 0 Å². The summed E-state index contributed by atoms with van der Waals surface area (Å²) in [6.07, 6.45) is 0. The Balaban J connectivity index is 3.00. The van der Waals surface area contributed by atoms with Crippen molar-refractivity contribution >= 4 is 22.5 Å². The molecule has 2 rings (SSSR count). The molecule has 1 nitrogen and oxygen atoms in total. The molecule has 1 heterocycles. The molecule has 0 unspecified atom stereocenters. The molecule has 1 aromatic heterocycles. The van der Waals surface area contributed by atoms with Gasteiger partial charge in [0.1, 0.15) is 0 Å². The summed E-state index contributed by atoms with van der Waals surface area (Å²) >= 11 is 6.15. The van der Waals surface area contributed by atoms with E-state index in [1.54, 1.807) is 0 Å². The normalized spacial score (nSPS) is 10.9. The van der Waals surface area contributed by atoms with Gasteiger partial charge in [-0.3, -0.25) is 4.98 Å². The van der Waals surface area contributed by atoms with E-state index in [1.807, 2.05) is 19.1 Å². The summed E-state index contributed by atoms with van der Waals surface area (Å²) in [5, 5.41) is 1.87. The lowest BCUT2D eigenvalue weighted by atomic mass is 10.1. The molecule has 0 spiro atoms. The second kappa shape index (κ2) is 3.25. The maximum absolute atomic E-state index is 6.15. The molecule has 0 aliphatic rings. The number of rotatable bonds is 0. The number of nitrogens with zero attached hydrogens (tertiary/aromatic N) is 1. The highest BCUT2D eigenvalue weighted by molar-refractivity contribution is 6.35. The van der Waals surface area contributed by atoms with Crippen molar-refractivity contribution in [3.8, 4) is 0 Å². The quantitative estimate of drug-likeness (QED) is 0.637. The van der Waals surface area contributed by atoms with Gasteiger partial charge in [0.15, 0.2) is 0 Å². The maximum atomic E-state index is 6.15. The van der Waals surface area contributed by atoms with E-state index >= 15 is 0 Å². The van der Waals surface area contributed by atoms with Gasteiger partial charge in [-0.25, -0.2) is 0 Å². The first-order valence-corrected chi connectivity index (χ1v) is 5.00. The number of benzene rings is 1. The predicted octanol–water partition coefficient (Wildman–Crippen LogP) is 3.81. The molecule has 2 heteroatoms. The molecule has 0 saturated carbocycles. The standard InChI is InChI=1S/C12H12ClN/c1-7-4-5-10(13)11-8(2)6-9(3)14-12(7)11/h4-6H,1-3H3. The van der Waals surface area contributed by atoms with Crippen molar-refractivity contribution in [1.82, 2.24) is 4.98 Å². The SMILES string of the molecule is Cc1cc(C)c2c(Cl)ccc(C)c2n1. The molecule has 0 radical (unpaired) electrons. The molecule has 0 fully saturated rings. The van der Waals surface area contributed by atoms with Crippen molar-refractivity contribution in [1.29, 1.82) is 0 Å². The molecule has 0 aliphatic heterocycles. The van der Waals surface area contributed by atoms with Gasteiger partial charge in [-0.15, -0.1) is 0 Å². The van der Waals surface area contributed by atoms with Gasteiger partial charge in [0, 0.05) is 11.1 Å². The van der Waals surface area contributed by atoms with Crippen LogP contribution in [0.25, 0.3) is 10.9 Å². The zero-order valence-corrected chi connectivity index (χ0v) is 9.31. The summed E-state index contributed by atoms with van der Waals surface area (Å²) in [7, 11) is 0. The van der Waals surface area contributed by atoms with Crippen molar-refractivity contribution in [3.05, 3.63) is 40.0 Å². The molecular formula is C12H12ClN. The number of fused-ring (bicyclic) bond motifs is 1. The Bertz CT molecular complexity index is 503. The monoisotopic (exact) mass is 205 g/mol. The lowest BCUT2D eigenvalue weighted by molar-refractivity contribution is 1.22. The van der Waals surface area contributed by atoms with Crippen LogP contribution in [0.4, 0.5) is 0 Å². The first kappa shape index (κ1) is 9.47. The van der Waals surface area contributed by atoms with E-state index < -0.39 is 0 Å². The molecule has 0 N–H and O–H groups in total. The second-order valence-electron chi connectivity index (χ2n) is 3.67. The predicted molar refractivity (Wildman–Crippen MR) is 61.0 cm³/mol. The van der Waals surface area contributed by atoms with E-state index in [4.69, 9.17) is 11.6 Å². The van der Waals surface area contributed by atoms with Crippen molar-refractivity contribution in [2.45, 2.75) is 20.8 Å². The summed E-state index contributed by atoms with van der Waals surface area (Å²) in [5.41, 5.74) is 4.44. The second-order valence-corrected chi connectivity index (χ2v) is 4.08. The fourth-order valence-electron chi connectivity index (χ4n) is 1.78. The highest BCUT2D eigenvalue weighted by Crippen LogP contribution is 2.28. The minimum absolute atomic E-state index is 0.788. The van der Waals surface area contributed by atoms with Crippen molar-refractivity contribution in [3.63, 3.8) is 0 Å². The van der Waals surface area contributed by atoms with Crippen LogP contribution in [0.2, 0.25) is 5.02 Å². The van der Waals surface area contributed by atoms with Crippen LogP contribution in [0, 0.1) is 20.8 Å². The third kappa shape index (κ3) is 1.38. The Morgan fingerprint density at radius 1 is 1.07 bits per heavy atom. The molecule has 2 aromatic rings. The number of aryl methyl sites for hydroxylation is 3. The van der Waals surface area contributed by atoms with Crippen LogP contribution in [0.5, 0.6) is 0 Å². The lowest BCUT2D eigenvalue weighted by Gasteiger charge is -2.07. The molecule has 0 bridgehead atoms. The zero-order chi connectivity index (χ0) is 10.3. The fraction of sp³-hybridized carbons (Fsp3) is 0.250. The average molecular weight is 206 g/mol. The first-order chi connectivity index (χ1) is 6.59. The van der Waals surface area contributed by atoms with Crippen molar-refractivity contribution in [2.24, 2.45) is 0 Å². The summed E-state index contributed by atoms with van der Waals surface area (Å²) in [4.78, 5) is 4.51. The van der Waals surface area contributed by atoms with E-state index in [9.17, 15) is 0 Å². The smallest absolute Gasteiger partial charge is 0.0751 e. The van der Waals surface area contributed by atoms with Gasteiger partial charge >= 0.3 is 0 Å². The fourth-order valence-corrected chi connectivity index (χ4v) is 2.09. The highest BCUT2D eigenvalue weighted by atomic mass is 35.5. The molecule has 14 heavy (non-hydrogen) atoms. The topological polar surface area (TPSA) is 12.9 Å². The minimum atomic E-state index is 0.788. The summed E-state index contributed by atoms with van der Waals surface area (Å²) in [6.45, 7) is 6.14. The summed E-state index contributed by atoms with van der Waals surface area (Å²) in [6, 6.07) is 6.01. The Kier molecular flexibility index (Phi) is 2.20. The maximum Gasteiger partial charge on any atom is 0.0751 e. The van der Waals surface area contributed by atoms with E-state index in [0.29, 0.717) is 0 Å². The Labute approximate surface area is 88.7 Å². The largest absolute Gasteiger partial charge is 0.253 e. The third-order valence-electron chi connectivity index (χ3n) is 2.44. The molecule has 72 valence electrons. The average Bonchev–Trinajstić information content (AvgIpc) is 2.10. The van der Waals surface area contributed by atoms with Crippen LogP contribution < -0.4 is 0 Å². The van der Waals surface area contributed by atoms with Gasteiger partial charge in [-0.05, 0) is 44.0 Å². The van der Waals surface area contributed by atoms with E-state index in [2.05, 4.69) is 24.9 Å². The zero-order valence-electron chi connectivity index (χ0n) is 8.56. The first-order valence-electron chi connectivity index (χ1n) is 4.62. The molecule has 0 amide bonds. The van der Waals surface area contributed by atoms with E-state index in [1.165, 1.54) is 11.1 Å². The van der Waals surface area contributed by atoms with Gasteiger partial charge in [-0.1, -0.05) is 17.7 Å². The Hall–Kier alpha value is -1.08. The lowest BCUT2D eigenvalue weighted by Crippen LogP contribution is -1.90. The third-order valence-corrected chi connectivity index (χ3v) is 2.75. The van der Waals surface area contributed by atoms with Gasteiger partial charge in [0.25, 0.3) is 0 Å². The number of pyridine rings is 1. The van der Waals surface area contributed by atoms with Crippen LogP contribution in [-0.4, -0.2) is 4.98 Å². The van der Waals surface area contributed by atoms with Crippen LogP contribution in [0.15, 0.2) is 18.2 Å². The Morgan fingerprint density at radius 2 is 1.79 bits per heavy atom. The molecule has 0 aliphatic carbocycles. The number of aromatic nitrogens is 1. The van der Waals surface area contributed by atoms with Gasteiger partial charge < -0.3 is 0 Å². The van der Waals surface area contributed by atoms with Crippen molar-refractivity contribution in [2.75, 3.05) is 0 Å². The minimum Gasteiger partial charge on any atom is -0.253 e. The van der Waals surface area contributed by atoms with Gasteiger partial charge in [0.2, 0.25) is 0 Å². The molecule has 0 saturated heterocycles. The van der Waals surface area contributed by atoms with Crippen LogP contribution >= 0.6 is 11.6 Å². The van der Waals surface area contributed by atoms with Crippen LogP contribution in [0.3, 0.4) is 0 Å².